The van der Waals surface area contributed by atoms with Crippen molar-refractivity contribution in [2.45, 2.75) is 17.7 Å². The lowest BCUT2D eigenvalue weighted by molar-refractivity contribution is 0.0997. The molecule has 0 saturated carbocycles. The molecule has 0 atom stereocenters. The minimum Gasteiger partial charge on any atom is -0.440 e. The Morgan fingerprint density at radius 1 is 1.09 bits per heavy atom. The lowest BCUT2D eigenvalue weighted by Crippen LogP contribution is -2.27. The molecule has 1 aromatic carbocycles. The third kappa shape index (κ3) is 3.41. The van der Waals surface area contributed by atoms with Gasteiger partial charge in [0.1, 0.15) is 0 Å². The van der Waals surface area contributed by atoms with Crippen LogP contribution in [0.25, 0.3) is 0 Å². The zero-order chi connectivity index (χ0) is 16.4. The van der Waals surface area contributed by atoms with Crippen LogP contribution in [0.3, 0.4) is 0 Å². The first-order chi connectivity index (χ1) is 11.0. The van der Waals surface area contributed by atoms with Crippen LogP contribution < -0.4 is 5.32 Å². The Bertz CT molecular complexity index is 808. The highest BCUT2D eigenvalue weighted by molar-refractivity contribution is 7.89. The number of anilines is 1. The molecule has 0 bridgehead atoms. The van der Waals surface area contributed by atoms with Crippen molar-refractivity contribution in [3.05, 3.63) is 47.4 Å². The lowest BCUT2D eigenvalue weighted by Gasteiger charge is -2.15. The van der Waals surface area contributed by atoms with Crippen LogP contribution in [-0.4, -0.2) is 31.7 Å². The molecule has 0 unspecified atom stereocenters. The van der Waals surface area contributed by atoms with Crippen molar-refractivity contribution < 1.29 is 17.6 Å². The number of benzene rings is 1. The monoisotopic (exact) mass is 354 g/mol. The largest absolute Gasteiger partial charge is 0.440 e. The van der Waals surface area contributed by atoms with Gasteiger partial charge in [-0.1, -0.05) is 0 Å². The molecule has 6 nitrogen and oxygen atoms in total. The summed E-state index contributed by atoms with van der Waals surface area (Å²) in [5.41, 5.74) is 0.475. The first-order valence-electron chi connectivity index (χ1n) is 7.14. The van der Waals surface area contributed by atoms with Gasteiger partial charge in [0.15, 0.2) is 11.0 Å². The summed E-state index contributed by atoms with van der Waals surface area (Å²) < 4.78 is 31.3. The molecule has 1 amide bonds. The molecule has 0 radical (unpaired) electrons. The molecule has 2 heterocycles. The zero-order valence-electron chi connectivity index (χ0n) is 12.2. The summed E-state index contributed by atoms with van der Waals surface area (Å²) in [6.45, 7) is 1.11. The topological polar surface area (TPSA) is 79.6 Å². The lowest BCUT2D eigenvalue weighted by atomic mass is 10.3. The molecule has 8 heteroatoms. The molecule has 1 aromatic heterocycles. The quantitative estimate of drug-likeness (QED) is 0.915. The zero-order valence-corrected chi connectivity index (χ0v) is 13.7. The number of carbonyl (C=O) groups is 1. The molecule has 0 aliphatic carbocycles. The number of amides is 1. The van der Waals surface area contributed by atoms with Gasteiger partial charge < -0.3 is 9.73 Å². The van der Waals surface area contributed by atoms with E-state index >= 15 is 0 Å². The number of hydrogen-bond acceptors (Lipinski definition) is 4. The van der Waals surface area contributed by atoms with E-state index in [2.05, 4.69) is 5.32 Å². The Hall–Kier alpha value is -1.83. The van der Waals surface area contributed by atoms with Crippen molar-refractivity contribution in [2.24, 2.45) is 0 Å². The van der Waals surface area contributed by atoms with Gasteiger partial charge in [-0.25, -0.2) is 8.42 Å². The van der Waals surface area contributed by atoms with Gasteiger partial charge in [0.05, 0.1) is 4.90 Å². The van der Waals surface area contributed by atoms with Gasteiger partial charge in [0.2, 0.25) is 10.0 Å². The number of halogens is 1. The summed E-state index contributed by atoms with van der Waals surface area (Å²) in [7, 11) is -3.45. The highest BCUT2D eigenvalue weighted by Crippen LogP contribution is 2.22. The van der Waals surface area contributed by atoms with Crippen LogP contribution in [0.5, 0.6) is 0 Å². The normalized spacial score (nSPS) is 15.7. The van der Waals surface area contributed by atoms with Gasteiger partial charge in [-0.3, -0.25) is 4.79 Å². The maximum Gasteiger partial charge on any atom is 0.291 e. The van der Waals surface area contributed by atoms with Crippen molar-refractivity contribution >= 4 is 33.2 Å². The van der Waals surface area contributed by atoms with Gasteiger partial charge >= 0.3 is 0 Å². The molecule has 2 aromatic rings. The molecule has 122 valence electrons. The van der Waals surface area contributed by atoms with Crippen molar-refractivity contribution in [1.82, 2.24) is 4.31 Å². The van der Waals surface area contributed by atoms with Crippen LogP contribution in [0.1, 0.15) is 23.4 Å². The van der Waals surface area contributed by atoms with Crippen molar-refractivity contribution in [3.8, 4) is 0 Å². The summed E-state index contributed by atoms with van der Waals surface area (Å²) in [6, 6.07) is 9.00. The first kappa shape index (κ1) is 16.0. The van der Waals surface area contributed by atoms with Gasteiger partial charge in [0, 0.05) is 18.8 Å². The van der Waals surface area contributed by atoms with Gasteiger partial charge in [-0.05, 0) is 60.8 Å². The van der Waals surface area contributed by atoms with Gasteiger partial charge in [-0.2, -0.15) is 4.31 Å². The number of rotatable bonds is 4. The van der Waals surface area contributed by atoms with E-state index in [-0.39, 0.29) is 15.9 Å². The van der Waals surface area contributed by atoms with Gasteiger partial charge in [-0.15, -0.1) is 0 Å². The minimum absolute atomic E-state index is 0.0868. The Morgan fingerprint density at radius 2 is 1.74 bits per heavy atom. The molecule has 1 aliphatic heterocycles. The van der Waals surface area contributed by atoms with E-state index in [9.17, 15) is 13.2 Å². The predicted octanol–water partition coefficient (Wildman–Crippen LogP) is 2.97. The maximum absolute atomic E-state index is 12.4. The van der Waals surface area contributed by atoms with Crippen molar-refractivity contribution in [1.29, 1.82) is 0 Å². The second-order valence-electron chi connectivity index (χ2n) is 5.19. The summed E-state index contributed by atoms with van der Waals surface area (Å²) in [5, 5.41) is 2.75. The summed E-state index contributed by atoms with van der Waals surface area (Å²) in [6.07, 6.45) is 1.78. The van der Waals surface area contributed by atoms with Crippen LogP contribution in [0.2, 0.25) is 5.22 Å². The molecular formula is C15H15ClN2O4S. The van der Waals surface area contributed by atoms with E-state index in [1.54, 1.807) is 12.1 Å². The van der Waals surface area contributed by atoms with Crippen LogP contribution >= 0.6 is 11.6 Å². The highest BCUT2D eigenvalue weighted by Gasteiger charge is 2.26. The number of sulfonamides is 1. The number of carbonyl (C=O) groups excluding carboxylic acids is 1. The fourth-order valence-electron chi connectivity index (χ4n) is 2.42. The molecular weight excluding hydrogens is 340 g/mol. The molecule has 1 saturated heterocycles. The number of nitrogens with zero attached hydrogens (tertiary/aromatic N) is 1. The van der Waals surface area contributed by atoms with Crippen LogP contribution in [-0.2, 0) is 10.0 Å². The first-order valence-corrected chi connectivity index (χ1v) is 8.95. The molecule has 1 aliphatic rings. The van der Waals surface area contributed by atoms with E-state index < -0.39 is 15.9 Å². The van der Waals surface area contributed by atoms with Gasteiger partial charge in [0.25, 0.3) is 5.91 Å². The average molecular weight is 355 g/mol. The minimum atomic E-state index is -3.45. The smallest absolute Gasteiger partial charge is 0.291 e. The predicted molar refractivity (Wildman–Crippen MR) is 86.1 cm³/mol. The fourth-order valence-corrected chi connectivity index (χ4v) is 4.08. The SMILES string of the molecule is O=C(Nc1ccc(S(=O)(=O)N2CCCC2)cc1)c1ccc(Cl)o1. The Morgan fingerprint density at radius 3 is 2.30 bits per heavy atom. The molecule has 1 N–H and O–H groups in total. The van der Waals surface area contributed by atoms with Crippen molar-refractivity contribution in [2.75, 3.05) is 18.4 Å². The Balaban J connectivity index is 1.73. The third-order valence-electron chi connectivity index (χ3n) is 3.61. The number of furan rings is 1. The van der Waals surface area contributed by atoms with Crippen molar-refractivity contribution in [3.63, 3.8) is 0 Å². The Labute approximate surface area is 139 Å². The van der Waals surface area contributed by atoms with Crippen LogP contribution in [0, 0.1) is 0 Å². The summed E-state index contributed by atoms with van der Waals surface area (Å²) in [5.74, 6) is -0.365. The number of nitrogens with one attached hydrogen (secondary N) is 1. The molecule has 1 fully saturated rings. The second-order valence-corrected chi connectivity index (χ2v) is 7.50. The highest BCUT2D eigenvalue weighted by atomic mass is 35.5. The summed E-state index contributed by atoms with van der Waals surface area (Å²) in [4.78, 5) is 12.1. The third-order valence-corrected chi connectivity index (χ3v) is 5.73. The average Bonchev–Trinajstić information content (AvgIpc) is 3.19. The van der Waals surface area contributed by atoms with E-state index in [1.165, 1.54) is 28.6 Å². The second kappa shape index (κ2) is 6.35. The van der Waals surface area contributed by atoms with E-state index in [0.29, 0.717) is 18.8 Å². The molecule has 0 spiro atoms. The van der Waals surface area contributed by atoms with E-state index in [1.807, 2.05) is 0 Å². The standard InChI is InChI=1S/C15H15ClN2O4S/c16-14-8-7-13(22-14)15(19)17-11-3-5-12(6-4-11)23(20,21)18-9-1-2-10-18/h3-8H,1-2,9-10H2,(H,17,19). The van der Waals surface area contributed by atoms with E-state index in [0.717, 1.165) is 12.8 Å². The van der Waals surface area contributed by atoms with E-state index in [4.69, 9.17) is 16.0 Å². The summed E-state index contributed by atoms with van der Waals surface area (Å²) >= 11 is 5.62. The van der Waals surface area contributed by atoms with Crippen LogP contribution in [0.4, 0.5) is 5.69 Å². The Kier molecular flexibility index (Phi) is 4.43. The fraction of sp³-hybridized carbons (Fsp3) is 0.267. The number of hydrogen-bond donors (Lipinski definition) is 1. The molecule has 3 rings (SSSR count). The maximum atomic E-state index is 12.4. The van der Waals surface area contributed by atoms with Crippen LogP contribution in [0.15, 0.2) is 45.7 Å². The molecule has 23 heavy (non-hydrogen) atoms.